The molecule has 0 saturated carbocycles. The molecule has 0 fully saturated rings. The molecule has 0 aliphatic carbocycles. The summed E-state index contributed by atoms with van der Waals surface area (Å²) in [5.74, 6) is 0. The molecule has 0 atom stereocenters. The quantitative estimate of drug-likeness (QED) is 0.189. The van der Waals surface area contributed by atoms with Crippen molar-refractivity contribution in [1.29, 1.82) is 0 Å². The maximum absolute atomic E-state index is 9.24. The monoisotopic (exact) mass is 599 g/mol. The van der Waals surface area contributed by atoms with Crippen LogP contribution in [0.2, 0.25) is 0 Å². The highest BCUT2D eigenvalue weighted by Crippen LogP contribution is 2.45. The molecule has 2 aromatic heterocycles. The van der Waals surface area contributed by atoms with Gasteiger partial charge < -0.3 is 8.83 Å². The Hall–Kier alpha value is -6.12. The van der Waals surface area contributed by atoms with E-state index in [1.54, 1.807) is 24.5 Å². The molecule has 10 rings (SSSR count). The first-order valence-corrected chi connectivity index (χ1v) is 14.6. The van der Waals surface area contributed by atoms with E-state index in [-0.39, 0.29) is 38.2 Å². The van der Waals surface area contributed by atoms with E-state index in [9.17, 15) is 5.48 Å². The maximum atomic E-state index is 9.24. The molecular formula is C44H26O2. The molecule has 0 spiro atoms. The van der Waals surface area contributed by atoms with Gasteiger partial charge in [0.1, 0.15) is 5.58 Å². The molecule has 2 heteroatoms. The highest BCUT2D eigenvalue weighted by atomic mass is 16.4. The molecule has 46 heavy (non-hydrogen) atoms. The lowest BCUT2D eigenvalue weighted by Crippen LogP contribution is -1.90. The fraction of sp³-hybridized carbons (Fsp3) is 0. The molecule has 0 unspecified atom stereocenters. The van der Waals surface area contributed by atoms with Crippen molar-refractivity contribution >= 4 is 65.2 Å². The van der Waals surface area contributed by atoms with Gasteiger partial charge in [0.25, 0.3) is 0 Å². The van der Waals surface area contributed by atoms with E-state index in [1.807, 2.05) is 42.5 Å². The van der Waals surface area contributed by atoms with Crippen LogP contribution in [0.4, 0.5) is 0 Å². The first-order chi connectivity index (χ1) is 28.2. The second-order valence-corrected chi connectivity index (χ2v) is 11.1. The zero-order chi connectivity index (χ0) is 41.5. The molecule has 214 valence electrons. The van der Waals surface area contributed by atoms with E-state index in [0.29, 0.717) is 22.1 Å². The lowest BCUT2D eigenvalue weighted by atomic mass is 9.86. The fourth-order valence-corrected chi connectivity index (χ4v) is 6.60. The molecule has 2 nitrogen and oxygen atoms in total. The number of hydrogen-bond donors (Lipinski definition) is 0. The molecule has 8 aromatic carbocycles. The smallest absolute Gasteiger partial charge is 0.178 e. The number of hydrogen-bond acceptors (Lipinski definition) is 2. The van der Waals surface area contributed by atoms with Crippen molar-refractivity contribution in [2.75, 3.05) is 0 Å². The van der Waals surface area contributed by atoms with Crippen molar-refractivity contribution in [2.45, 2.75) is 0 Å². The first-order valence-electron chi connectivity index (χ1n) is 21.1. The summed E-state index contributed by atoms with van der Waals surface area (Å²) in [7, 11) is 0. The average molecular weight is 600 g/mol. The van der Waals surface area contributed by atoms with Crippen LogP contribution in [0.15, 0.2) is 166 Å². The van der Waals surface area contributed by atoms with Crippen molar-refractivity contribution in [2.24, 2.45) is 0 Å². The van der Waals surface area contributed by atoms with Gasteiger partial charge in [-0.25, -0.2) is 0 Å². The zero-order valence-corrected chi connectivity index (χ0v) is 23.8. The summed E-state index contributed by atoms with van der Waals surface area (Å²) in [6.07, 6.45) is 1.68. The average Bonchev–Trinajstić information content (AvgIpc) is 3.85. The highest BCUT2D eigenvalue weighted by Gasteiger charge is 2.20. The van der Waals surface area contributed by atoms with Gasteiger partial charge in [-0.15, -0.1) is 0 Å². The third kappa shape index (κ3) is 3.65. The van der Waals surface area contributed by atoms with E-state index in [0.717, 1.165) is 32.7 Å². The molecule has 0 saturated heterocycles. The third-order valence-corrected chi connectivity index (χ3v) is 8.65. The van der Waals surface area contributed by atoms with Crippen LogP contribution in [0.25, 0.3) is 98.6 Å². The Morgan fingerprint density at radius 3 is 1.78 bits per heavy atom. The van der Waals surface area contributed by atoms with Gasteiger partial charge in [0.2, 0.25) is 0 Å². The summed E-state index contributed by atoms with van der Waals surface area (Å²) >= 11 is 0. The Balaban J connectivity index is 1.31. The third-order valence-electron chi connectivity index (χ3n) is 8.65. The lowest BCUT2D eigenvalue weighted by Gasteiger charge is -2.17. The minimum absolute atomic E-state index is 0.0224. The van der Waals surface area contributed by atoms with Crippen LogP contribution >= 0.6 is 0 Å². The maximum Gasteiger partial charge on any atom is 0.178 e. The molecule has 0 N–H and O–H groups in total. The van der Waals surface area contributed by atoms with Crippen molar-refractivity contribution in [1.82, 2.24) is 0 Å². The van der Waals surface area contributed by atoms with E-state index >= 15 is 0 Å². The van der Waals surface area contributed by atoms with E-state index in [4.69, 9.17) is 21.2 Å². The predicted octanol–water partition coefficient (Wildman–Crippen LogP) is 12.8. The minimum atomic E-state index is -0.724. The Kier molecular flexibility index (Phi) is 3.32. The van der Waals surface area contributed by atoms with Gasteiger partial charge in [-0.3, -0.25) is 0 Å². The van der Waals surface area contributed by atoms with Crippen LogP contribution in [-0.2, 0) is 0 Å². The summed E-state index contributed by atoms with van der Waals surface area (Å²) in [5.41, 5.74) is 2.65. The Morgan fingerprint density at radius 1 is 0.435 bits per heavy atom. The van der Waals surface area contributed by atoms with Crippen LogP contribution < -0.4 is 0 Å². The lowest BCUT2D eigenvalue weighted by molar-refractivity contribution is 0.600. The predicted molar refractivity (Wildman–Crippen MR) is 192 cm³/mol. The summed E-state index contributed by atoms with van der Waals surface area (Å²) in [6, 6.07) is 14.6. The van der Waals surface area contributed by atoms with Gasteiger partial charge >= 0.3 is 0 Å². The molecule has 0 bridgehead atoms. The number of fused-ring (bicyclic) bond motifs is 8. The van der Waals surface area contributed by atoms with E-state index < -0.39 is 84.1 Å². The van der Waals surface area contributed by atoms with Crippen LogP contribution in [0, 0.1) is 0 Å². The zero-order valence-electron chi connectivity index (χ0n) is 36.8. The molecule has 10 aromatic rings. The van der Waals surface area contributed by atoms with Gasteiger partial charge in [0.15, 0.2) is 11.2 Å². The van der Waals surface area contributed by atoms with Crippen molar-refractivity contribution in [3.63, 3.8) is 0 Å². The first kappa shape index (κ1) is 15.7. The SMILES string of the molecule is [2H]c1c([2H])c([2H])c(-c2c3c([2H])c([2H])c([2H])c([2H])c3c(-c3ccc4c(c3)oc3c4ccc4c(-c5ccc6ccccc6c5)coc43)c3c([2H])c([2H])c([2H])c([2H])c23)c([2H])c1[2H]. The molecule has 0 amide bonds. The normalized spacial score (nSPS) is 15.9. The van der Waals surface area contributed by atoms with Crippen LogP contribution in [0.5, 0.6) is 0 Å². The highest BCUT2D eigenvalue weighted by molar-refractivity contribution is 6.22. The van der Waals surface area contributed by atoms with Gasteiger partial charge in [0.05, 0.1) is 24.1 Å². The van der Waals surface area contributed by atoms with Gasteiger partial charge in [0, 0.05) is 21.7 Å². The van der Waals surface area contributed by atoms with Crippen LogP contribution in [0.1, 0.15) is 17.8 Å². The molecule has 0 radical (unpaired) electrons. The van der Waals surface area contributed by atoms with Gasteiger partial charge in [-0.2, -0.15) is 0 Å². The second kappa shape index (κ2) is 9.69. The number of benzene rings is 8. The number of furan rings is 2. The molecule has 2 heterocycles. The summed E-state index contributed by atoms with van der Waals surface area (Å²) < 4.78 is 127. The molecule has 0 aliphatic heterocycles. The molecular weight excluding hydrogens is 560 g/mol. The Bertz CT molecular complexity index is 3440. The van der Waals surface area contributed by atoms with Crippen LogP contribution in [0.3, 0.4) is 0 Å². The fourth-order valence-electron chi connectivity index (χ4n) is 6.60. The largest absolute Gasteiger partial charge is 0.460 e. The van der Waals surface area contributed by atoms with E-state index in [1.165, 1.54) is 0 Å². The second-order valence-electron chi connectivity index (χ2n) is 11.1. The van der Waals surface area contributed by atoms with Crippen molar-refractivity contribution < 1.29 is 26.7 Å². The van der Waals surface area contributed by atoms with Gasteiger partial charge in [-0.1, -0.05) is 121 Å². The Labute approximate surface area is 283 Å². The summed E-state index contributed by atoms with van der Waals surface area (Å²) in [5, 5.41) is 3.53. The minimum Gasteiger partial charge on any atom is -0.460 e. The van der Waals surface area contributed by atoms with Crippen molar-refractivity contribution in [3.8, 4) is 33.4 Å². The van der Waals surface area contributed by atoms with Gasteiger partial charge in [-0.05, 0) is 90.5 Å². The van der Waals surface area contributed by atoms with E-state index in [2.05, 4.69) is 12.1 Å². The summed E-state index contributed by atoms with van der Waals surface area (Å²) in [4.78, 5) is 0. The number of rotatable bonds is 3. The topological polar surface area (TPSA) is 26.3 Å². The standard InChI is InChI=1S/C44H26O2/c1-2-11-28(12-3-1)41-33-14-6-8-16-35(33)42(36-17-9-7-15-34(36)41)31-20-21-32-37-22-23-38-39(26-45-43(38)44(37)46-40(32)25-31)30-19-18-27-10-4-5-13-29(27)24-30/h1-26H/i1D,2D,3D,6D,7D,8D,9D,11D,12D,14D,15D,16D,17D. The van der Waals surface area contributed by atoms with Crippen molar-refractivity contribution in [3.05, 3.63) is 158 Å². The molecule has 0 aliphatic rings. The van der Waals surface area contributed by atoms with Crippen LogP contribution in [-0.4, -0.2) is 0 Å². The summed E-state index contributed by atoms with van der Waals surface area (Å²) in [6.45, 7) is 0. The Morgan fingerprint density at radius 2 is 1.04 bits per heavy atom.